The van der Waals surface area contributed by atoms with E-state index in [1.807, 2.05) is 34.9 Å². The first-order chi connectivity index (χ1) is 7.63. The highest BCUT2D eigenvalue weighted by Gasteiger charge is 2.07. The van der Waals surface area contributed by atoms with Crippen LogP contribution in [-0.4, -0.2) is 25.7 Å². The number of halogens is 1. The monoisotopic (exact) mass is 349 g/mol. The molecule has 1 N–H and O–H groups in total. The smallest absolute Gasteiger partial charge is 0.247 e. The van der Waals surface area contributed by atoms with Gasteiger partial charge in [0.25, 0.3) is 0 Å². The topological polar surface area (TPSA) is 72.7 Å². The van der Waals surface area contributed by atoms with Crippen LogP contribution in [0.5, 0.6) is 0 Å². The Morgan fingerprint density at radius 2 is 2.50 bits per heavy atom. The van der Waals surface area contributed by atoms with Gasteiger partial charge in [-0.15, -0.1) is 16.4 Å². The minimum Gasteiger partial charge on any atom is -0.300 e. The number of nitrogens with zero attached hydrogens (tertiary/aromatic N) is 4. The van der Waals surface area contributed by atoms with E-state index in [-0.39, 0.29) is 12.5 Å². The molecule has 84 valence electrons. The Labute approximate surface area is 109 Å². The van der Waals surface area contributed by atoms with Crippen molar-refractivity contribution in [3.63, 3.8) is 0 Å². The normalized spacial score (nSPS) is 10.4. The zero-order chi connectivity index (χ0) is 11.5. The molecule has 2 heterocycles. The molecule has 2 rings (SSSR count). The van der Waals surface area contributed by atoms with Crippen molar-refractivity contribution in [1.82, 2.24) is 19.7 Å². The van der Waals surface area contributed by atoms with E-state index in [2.05, 4.69) is 20.4 Å². The predicted molar refractivity (Wildman–Crippen MR) is 68.2 cm³/mol. The van der Waals surface area contributed by atoms with Crippen LogP contribution < -0.4 is 5.32 Å². The molecule has 1 amide bonds. The fraction of sp³-hybridized carbons (Fsp3) is 0.250. The van der Waals surface area contributed by atoms with Gasteiger partial charge in [0, 0.05) is 28.0 Å². The second kappa shape index (κ2) is 4.87. The summed E-state index contributed by atoms with van der Waals surface area (Å²) in [7, 11) is 0. The molecule has 0 bridgehead atoms. The van der Waals surface area contributed by atoms with Crippen molar-refractivity contribution in [3.8, 4) is 0 Å². The lowest BCUT2D eigenvalue weighted by Crippen LogP contribution is -2.19. The molecule has 0 saturated heterocycles. The van der Waals surface area contributed by atoms with Crippen molar-refractivity contribution in [2.75, 3.05) is 5.32 Å². The maximum Gasteiger partial charge on any atom is 0.247 e. The van der Waals surface area contributed by atoms with Crippen molar-refractivity contribution >= 4 is 45.0 Å². The Balaban J connectivity index is 1.94. The summed E-state index contributed by atoms with van der Waals surface area (Å²) in [6, 6.07) is 0. The van der Waals surface area contributed by atoms with Gasteiger partial charge in [-0.1, -0.05) is 0 Å². The van der Waals surface area contributed by atoms with E-state index >= 15 is 0 Å². The van der Waals surface area contributed by atoms with E-state index in [4.69, 9.17) is 0 Å². The van der Waals surface area contributed by atoms with Crippen molar-refractivity contribution < 1.29 is 4.79 Å². The molecule has 8 heteroatoms. The standard InChI is InChI=1S/C8H8IN5OS/c1-5-3-16-8(11-5)12-6(15)2-14-4-10-7(9)13-14/h3-4H,2H2,1H3,(H,11,12,15). The van der Waals surface area contributed by atoms with Crippen molar-refractivity contribution in [2.24, 2.45) is 0 Å². The summed E-state index contributed by atoms with van der Waals surface area (Å²) in [6.07, 6.45) is 1.52. The average Bonchev–Trinajstić information content (AvgIpc) is 2.76. The summed E-state index contributed by atoms with van der Waals surface area (Å²) in [5.41, 5.74) is 0.899. The van der Waals surface area contributed by atoms with Crippen LogP contribution in [0.25, 0.3) is 0 Å². The van der Waals surface area contributed by atoms with Crippen LogP contribution in [-0.2, 0) is 11.3 Å². The Kier molecular flexibility index (Phi) is 3.49. The summed E-state index contributed by atoms with van der Waals surface area (Å²) in [4.78, 5) is 19.6. The Hall–Kier alpha value is -1.03. The Bertz CT molecular complexity index is 464. The number of amides is 1. The number of aromatic nitrogens is 4. The molecule has 0 radical (unpaired) electrons. The number of carbonyl (C=O) groups is 1. The highest BCUT2D eigenvalue weighted by atomic mass is 127. The lowest BCUT2D eigenvalue weighted by atomic mass is 10.6. The third kappa shape index (κ3) is 2.98. The lowest BCUT2D eigenvalue weighted by molar-refractivity contribution is -0.116. The Morgan fingerprint density at radius 3 is 3.06 bits per heavy atom. The summed E-state index contributed by atoms with van der Waals surface area (Å²) >= 11 is 3.39. The first-order valence-electron chi connectivity index (χ1n) is 4.40. The van der Waals surface area contributed by atoms with Gasteiger partial charge in [0.15, 0.2) is 5.13 Å². The molecule has 0 aliphatic rings. The van der Waals surface area contributed by atoms with Crippen molar-refractivity contribution in [3.05, 3.63) is 21.2 Å². The van der Waals surface area contributed by atoms with Crippen molar-refractivity contribution in [1.29, 1.82) is 0 Å². The quantitative estimate of drug-likeness (QED) is 0.848. The van der Waals surface area contributed by atoms with E-state index < -0.39 is 0 Å². The summed E-state index contributed by atoms with van der Waals surface area (Å²) in [5, 5.41) is 9.20. The molecular weight excluding hydrogens is 341 g/mol. The maximum absolute atomic E-state index is 11.6. The molecule has 16 heavy (non-hydrogen) atoms. The third-order valence-corrected chi connectivity index (χ3v) is 3.05. The van der Waals surface area contributed by atoms with Crippen LogP contribution in [0, 0.1) is 10.8 Å². The first kappa shape index (κ1) is 11.5. The molecule has 0 unspecified atom stereocenters. The maximum atomic E-state index is 11.6. The molecule has 0 saturated carbocycles. The third-order valence-electron chi connectivity index (χ3n) is 1.68. The number of hydrogen-bond acceptors (Lipinski definition) is 5. The van der Waals surface area contributed by atoms with E-state index in [0.29, 0.717) is 8.96 Å². The lowest BCUT2D eigenvalue weighted by Gasteiger charge is -2.00. The van der Waals surface area contributed by atoms with E-state index in [1.165, 1.54) is 22.3 Å². The first-order valence-corrected chi connectivity index (χ1v) is 6.36. The van der Waals surface area contributed by atoms with Crippen LogP contribution in [0.4, 0.5) is 5.13 Å². The van der Waals surface area contributed by atoms with Gasteiger partial charge < -0.3 is 5.32 Å². The van der Waals surface area contributed by atoms with E-state index in [0.717, 1.165) is 5.69 Å². The molecular formula is C8H8IN5OS. The predicted octanol–water partition coefficient (Wildman–Crippen LogP) is 1.29. The van der Waals surface area contributed by atoms with Gasteiger partial charge in [0.05, 0.1) is 5.69 Å². The van der Waals surface area contributed by atoms with Gasteiger partial charge in [-0.3, -0.25) is 4.79 Å². The number of thiazole rings is 1. The zero-order valence-electron chi connectivity index (χ0n) is 8.35. The van der Waals surface area contributed by atoms with Crippen molar-refractivity contribution in [2.45, 2.75) is 13.5 Å². The molecule has 0 aliphatic heterocycles. The number of rotatable bonds is 3. The Morgan fingerprint density at radius 1 is 1.69 bits per heavy atom. The second-order valence-corrected chi connectivity index (χ2v) is 4.88. The van der Waals surface area contributed by atoms with Gasteiger partial charge in [-0.2, -0.15) is 0 Å². The fourth-order valence-corrected chi connectivity index (χ4v) is 2.17. The number of nitrogens with one attached hydrogen (secondary N) is 1. The molecule has 0 aromatic carbocycles. The van der Waals surface area contributed by atoms with Crippen LogP contribution in [0.3, 0.4) is 0 Å². The van der Waals surface area contributed by atoms with E-state index in [1.54, 1.807) is 0 Å². The molecule has 6 nitrogen and oxygen atoms in total. The number of carbonyl (C=O) groups excluding carboxylic acids is 1. The highest BCUT2D eigenvalue weighted by Crippen LogP contribution is 2.14. The number of hydrogen-bond donors (Lipinski definition) is 1. The van der Waals surface area contributed by atoms with Crippen LogP contribution in [0.1, 0.15) is 5.69 Å². The largest absolute Gasteiger partial charge is 0.300 e. The van der Waals surface area contributed by atoms with Crippen LogP contribution >= 0.6 is 33.9 Å². The molecule has 2 aromatic rings. The second-order valence-electron chi connectivity index (χ2n) is 3.05. The van der Waals surface area contributed by atoms with Gasteiger partial charge in [-0.05, 0) is 6.92 Å². The molecule has 0 spiro atoms. The summed E-state index contributed by atoms with van der Waals surface area (Å²) < 4.78 is 2.10. The zero-order valence-corrected chi connectivity index (χ0v) is 11.3. The summed E-state index contributed by atoms with van der Waals surface area (Å²) in [5.74, 6) is -0.157. The molecule has 0 fully saturated rings. The van der Waals surface area contributed by atoms with Gasteiger partial charge in [0.1, 0.15) is 12.9 Å². The van der Waals surface area contributed by atoms with Gasteiger partial charge in [0.2, 0.25) is 9.74 Å². The van der Waals surface area contributed by atoms with Gasteiger partial charge >= 0.3 is 0 Å². The SMILES string of the molecule is Cc1csc(NC(=O)Cn2cnc(I)n2)n1. The number of anilines is 1. The molecule has 0 aliphatic carbocycles. The van der Waals surface area contributed by atoms with E-state index in [9.17, 15) is 4.79 Å². The molecule has 2 aromatic heterocycles. The highest BCUT2D eigenvalue weighted by molar-refractivity contribution is 14.1. The fourth-order valence-electron chi connectivity index (χ4n) is 1.07. The minimum atomic E-state index is -0.157. The summed E-state index contributed by atoms with van der Waals surface area (Å²) in [6.45, 7) is 2.03. The molecule has 0 atom stereocenters. The van der Waals surface area contributed by atoms with Gasteiger partial charge in [-0.25, -0.2) is 14.6 Å². The number of aryl methyl sites for hydroxylation is 1. The minimum absolute atomic E-state index is 0.147. The van der Waals surface area contributed by atoms with Crippen LogP contribution in [0.15, 0.2) is 11.7 Å². The average molecular weight is 349 g/mol. The van der Waals surface area contributed by atoms with Crippen LogP contribution in [0.2, 0.25) is 0 Å².